The van der Waals surface area contributed by atoms with Crippen molar-refractivity contribution >= 4 is 8.32 Å². The van der Waals surface area contributed by atoms with E-state index in [9.17, 15) is 0 Å². The third-order valence-corrected chi connectivity index (χ3v) is 10.6. The summed E-state index contributed by atoms with van der Waals surface area (Å²) in [6.45, 7) is 14.1. The summed E-state index contributed by atoms with van der Waals surface area (Å²) in [6, 6.07) is 7.68. The third-order valence-electron chi connectivity index (χ3n) is 5.97. The van der Waals surface area contributed by atoms with Crippen LogP contribution in [0.1, 0.15) is 65.5 Å². The van der Waals surface area contributed by atoms with Crippen LogP contribution in [-0.4, -0.2) is 29.3 Å². The van der Waals surface area contributed by atoms with Gasteiger partial charge in [-0.2, -0.15) is 0 Å². The Balaban J connectivity index is 3.13. The van der Waals surface area contributed by atoms with Crippen molar-refractivity contribution in [3.8, 4) is 11.5 Å². The van der Waals surface area contributed by atoms with Crippen LogP contribution in [0.2, 0.25) is 18.1 Å². The van der Waals surface area contributed by atoms with E-state index in [4.69, 9.17) is 18.6 Å². The van der Waals surface area contributed by atoms with Crippen molar-refractivity contribution in [2.45, 2.75) is 85.5 Å². The fraction of sp³-hybridized carbons (Fsp3) is 0.615. The van der Waals surface area contributed by atoms with Crippen LogP contribution in [0.15, 0.2) is 35.4 Å². The molecule has 31 heavy (non-hydrogen) atoms. The van der Waals surface area contributed by atoms with Gasteiger partial charge in [0.1, 0.15) is 0 Å². The summed E-state index contributed by atoms with van der Waals surface area (Å²) < 4.78 is 23.3. The number of ether oxygens (including phenoxy) is 3. The van der Waals surface area contributed by atoms with Gasteiger partial charge < -0.3 is 18.6 Å². The Kier molecular flexibility index (Phi) is 12.8. The Bertz CT molecular complexity index is 708. The van der Waals surface area contributed by atoms with E-state index in [-0.39, 0.29) is 6.79 Å². The molecule has 0 aliphatic heterocycles. The Morgan fingerprint density at radius 3 is 2.19 bits per heavy atom. The molecule has 1 rings (SSSR count). The normalized spacial score (nSPS) is 12.1. The zero-order valence-electron chi connectivity index (χ0n) is 21.1. The summed E-state index contributed by atoms with van der Waals surface area (Å²) in [4.78, 5) is 0. The first-order chi connectivity index (χ1) is 14.8. The smallest absolute Gasteiger partial charge is 0.192 e. The van der Waals surface area contributed by atoms with Gasteiger partial charge in [-0.1, -0.05) is 44.1 Å². The molecule has 0 heterocycles. The van der Waals surface area contributed by atoms with Crippen LogP contribution in [-0.2, 0) is 22.2 Å². The zero-order valence-corrected chi connectivity index (χ0v) is 22.1. The molecule has 0 aliphatic carbocycles. The summed E-state index contributed by atoms with van der Waals surface area (Å²) in [5.74, 6) is 1.49. The fourth-order valence-corrected chi connectivity index (χ4v) is 6.24. The molecule has 0 atom stereocenters. The molecule has 0 aliphatic rings. The van der Waals surface area contributed by atoms with E-state index in [1.807, 2.05) is 6.07 Å². The Morgan fingerprint density at radius 2 is 1.65 bits per heavy atom. The molecular formula is C26H44O4Si. The van der Waals surface area contributed by atoms with E-state index >= 15 is 0 Å². The van der Waals surface area contributed by atoms with E-state index in [0.717, 1.165) is 60.0 Å². The van der Waals surface area contributed by atoms with Crippen molar-refractivity contribution in [2.24, 2.45) is 0 Å². The van der Waals surface area contributed by atoms with Crippen molar-refractivity contribution in [3.05, 3.63) is 46.6 Å². The molecule has 5 heteroatoms. The van der Waals surface area contributed by atoms with Crippen LogP contribution < -0.4 is 9.47 Å². The molecule has 1 aromatic rings. The van der Waals surface area contributed by atoms with Gasteiger partial charge in [-0.3, -0.25) is 0 Å². The van der Waals surface area contributed by atoms with Gasteiger partial charge in [0.2, 0.25) is 0 Å². The SMILES string of the molecule is CC[Si](CC)(CC)OCc1cc(C/C=C(\C)CCC=C(C)C)c(OCOC)c(OC)c1. The van der Waals surface area contributed by atoms with Gasteiger partial charge in [0.25, 0.3) is 0 Å². The Labute approximate surface area is 191 Å². The monoisotopic (exact) mass is 448 g/mol. The van der Waals surface area contributed by atoms with Gasteiger partial charge in [-0.15, -0.1) is 0 Å². The fourth-order valence-electron chi connectivity index (χ4n) is 3.66. The first-order valence-corrected chi connectivity index (χ1v) is 14.1. The lowest BCUT2D eigenvalue weighted by molar-refractivity contribution is 0.0485. The average molecular weight is 449 g/mol. The van der Waals surface area contributed by atoms with Crippen molar-refractivity contribution < 1.29 is 18.6 Å². The van der Waals surface area contributed by atoms with E-state index in [1.54, 1.807) is 14.2 Å². The number of rotatable bonds is 15. The zero-order chi connectivity index (χ0) is 23.3. The maximum Gasteiger partial charge on any atom is 0.192 e. The van der Waals surface area contributed by atoms with Crippen LogP contribution >= 0.6 is 0 Å². The molecular weight excluding hydrogens is 404 g/mol. The van der Waals surface area contributed by atoms with Crippen molar-refractivity contribution in [1.82, 2.24) is 0 Å². The minimum absolute atomic E-state index is 0.194. The summed E-state index contributed by atoms with van der Waals surface area (Å²) in [6.07, 6.45) is 7.52. The lowest BCUT2D eigenvalue weighted by Crippen LogP contribution is -2.35. The van der Waals surface area contributed by atoms with Gasteiger partial charge in [0.05, 0.1) is 13.7 Å². The van der Waals surface area contributed by atoms with E-state index < -0.39 is 8.32 Å². The third kappa shape index (κ3) is 9.22. The average Bonchev–Trinajstić information content (AvgIpc) is 2.77. The van der Waals surface area contributed by atoms with Crippen LogP contribution in [0.5, 0.6) is 11.5 Å². The highest BCUT2D eigenvalue weighted by molar-refractivity contribution is 6.73. The second-order valence-corrected chi connectivity index (χ2v) is 13.2. The van der Waals surface area contributed by atoms with Gasteiger partial charge >= 0.3 is 0 Å². The molecule has 0 amide bonds. The van der Waals surface area contributed by atoms with E-state index in [1.165, 1.54) is 11.1 Å². The summed E-state index contributed by atoms with van der Waals surface area (Å²) in [5, 5.41) is 0. The molecule has 0 unspecified atom stereocenters. The van der Waals surface area contributed by atoms with Gasteiger partial charge in [-0.25, -0.2) is 0 Å². The number of methoxy groups -OCH3 is 2. The second-order valence-electron chi connectivity index (χ2n) is 8.44. The summed E-state index contributed by atoms with van der Waals surface area (Å²) in [5.41, 5.74) is 4.99. The van der Waals surface area contributed by atoms with Crippen molar-refractivity contribution in [1.29, 1.82) is 0 Å². The first kappa shape index (κ1) is 27.5. The number of hydrogen-bond acceptors (Lipinski definition) is 4. The minimum atomic E-state index is -1.65. The topological polar surface area (TPSA) is 36.9 Å². The van der Waals surface area contributed by atoms with Crippen LogP contribution in [0.4, 0.5) is 0 Å². The molecule has 0 radical (unpaired) electrons. The van der Waals surface area contributed by atoms with Crippen molar-refractivity contribution in [2.75, 3.05) is 21.0 Å². The maximum absolute atomic E-state index is 6.54. The van der Waals surface area contributed by atoms with Gasteiger partial charge in [-0.05, 0) is 75.9 Å². The van der Waals surface area contributed by atoms with E-state index in [0.29, 0.717) is 6.61 Å². The Hall–Kier alpha value is -1.56. The number of benzene rings is 1. The summed E-state index contributed by atoms with van der Waals surface area (Å²) in [7, 11) is 1.67. The highest BCUT2D eigenvalue weighted by atomic mass is 28.4. The van der Waals surface area contributed by atoms with Gasteiger partial charge in [0.15, 0.2) is 26.6 Å². The van der Waals surface area contributed by atoms with E-state index in [2.05, 4.69) is 59.8 Å². The number of allylic oxidation sites excluding steroid dienone is 4. The maximum atomic E-state index is 6.54. The van der Waals surface area contributed by atoms with Crippen molar-refractivity contribution in [3.63, 3.8) is 0 Å². The Morgan fingerprint density at radius 1 is 0.968 bits per heavy atom. The molecule has 0 saturated carbocycles. The molecule has 0 N–H and O–H groups in total. The first-order valence-electron chi connectivity index (χ1n) is 11.6. The molecule has 0 fully saturated rings. The lowest BCUT2D eigenvalue weighted by atomic mass is 10.0. The predicted molar refractivity (Wildman–Crippen MR) is 134 cm³/mol. The van der Waals surface area contributed by atoms with Crippen LogP contribution in [0, 0.1) is 0 Å². The lowest BCUT2D eigenvalue weighted by Gasteiger charge is -2.28. The quantitative estimate of drug-likeness (QED) is 0.159. The number of hydrogen-bond donors (Lipinski definition) is 0. The standard InChI is InChI=1S/C26H44O4Si/c1-9-31(10-2,11-3)30-19-23-17-24(16-15-22(6)14-12-13-21(4)5)26(29-20-27-7)25(18-23)28-8/h13,15,17-18H,9-12,14,16,19-20H2,1-8H3/b22-15+. The second kappa shape index (κ2) is 14.5. The highest BCUT2D eigenvalue weighted by Gasteiger charge is 2.28. The molecule has 0 saturated heterocycles. The predicted octanol–water partition coefficient (Wildman–Crippen LogP) is 7.43. The van der Waals surface area contributed by atoms with Crippen LogP contribution in [0.25, 0.3) is 0 Å². The highest BCUT2D eigenvalue weighted by Crippen LogP contribution is 2.35. The molecule has 0 spiro atoms. The molecule has 4 nitrogen and oxygen atoms in total. The molecule has 1 aromatic carbocycles. The molecule has 0 aromatic heterocycles. The van der Waals surface area contributed by atoms with Gasteiger partial charge in [0, 0.05) is 12.7 Å². The summed E-state index contributed by atoms with van der Waals surface area (Å²) >= 11 is 0. The largest absolute Gasteiger partial charge is 0.493 e. The molecule has 0 bridgehead atoms. The molecule has 176 valence electrons. The minimum Gasteiger partial charge on any atom is -0.493 e. The van der Waals surface area contributed by atoms with Crippen LogP contribution in [0.3, 0.4) is 0 Å².